The van der Waals surface area contributed by atoms with Crippen LogP contribution in [0.25, 0.3) is 0 Å². The molecule has 2 unspecified atom stereocenters. The van der Waals surface area contributed by atoms with E-state index < -0.39 is 17.7 Å². The first-order valence-electron chi connectivity index (χ1n) is 8.73. The van der Waals surface area contributed by atoms with E-state index in [-0.39, 0.29) is 5.82 Å². The van der Waals surface area contributed by atoms with Gasteiger partial charge in [-0.05, 0) is 71.1 Å². The van der Waals surface area contributed by atoms with Crippen molar-refractivity contribution in [1.29, 1.82) is 0 Å². The molecule has 0 radical (unpaired) electrons. The lowest BCUT2D eigenvalue weighted by molar-refractivity contribution is -0.192. The molecule has 0 aliphatic carbocycles. The molecule has 0 heterocycles. The van der Waals surface area contributed by atoms with E-state index >= 15 is 0 Å². The van der Waals surface area contributed by atoms with E-state index in [1.807, 2.05) is 26.0 Å². The minimum Gasteiger partial charge on any atom is -0.475 e. The molecular formula is C19H29F4NO3. The molecule has 0 aliphatic rings. The molecule has 0 saturated carbocycles. The van der Waals surface area contributed by atoms with Crippen LogP contribution in [0.3, 0.4) is 0 Å². The maximum absolute atomic E-state index is 12.8. The number of carbonyl (C=O) groups is 1. The third-order valence-electron chi connectivity index (χ3n) is 3.69. The average molecular weight is 395 g/mol. The molecule has 0 bridgehead atoms. The Kier molecular flexibility index (Phi) is 10.5. The van der Waals surface area contributed by atoms with Gasteiger partial charge in [-0.25, -0.2) is 9.18 Å². The second-order valence-corrected chi connectivity index (χ2v) is 7.31. The standard InChI is InChI=1S/C17H28FNO.C2HF3O2/c1-13(6-5-11-17(3,4)20)19-14(2)12-15-7-9-16(18)10-8-15;3-2(4,5)1(6)7/h7-10,13-14,19-20H,5-6,11-12H2,1-4H3;(H,6,7). The lowest BCUT2D eigenvalue weighted by Gasteiger charge is -2.22. The SMILES string of the molecule is CC(CCCC(C)(C)O)NC(C)Cc1ccc(F)cc1.O=C(O)C(F)(F)F. The molecule has 156 valence electrons. The number of aliphatic hydroxyl groups is 1. The van der Waals surface area contributed by atoms with Crippen LogP contribution in [0.5, 0.6) is 0 Å². The van der Waals surface area contributed by atoms with E-state index in [9.17, 15) is 22.7 Å². The largest absolute Gasteiger partial charge is 0.490 e. The summed E-state index contributed by atoms with van der Waals surface area (Å²) in [5.74, 6) is -2.94. The van der Waals surface area contributed by atoms with E-state index in [4.69, 9.17) is 9.90 Å². The average Bonchev–Trinajstić information content (AvgIpc) is 2.47. The van der Waals surface area contributed by atoms with Crippen molar-refractivity contribution >= 4 is 5.97 Å². The molecule has 8 heteroatoms. The normalized spacial score (nSPS) is 14.1. The molecule has 0 aromatic heterocycles. The van der Waals surface area contributed by atoms with Gasteiger partial charge in [0.05, 0.1) is 5.60 Å². The van der Waals surface area contributed by atoms with Crippen LogP contribution in [-0.4, -0.2) is 40.0 Å². The first-order chi connectivity index (χ1) is 12.2. The van der Waals surface area contributed by atoms with Gasteiger partial charge >= 0.3 is 12.1 Å². The summed E-state index contributed by atoms with van der Waals surface area (Å²) in [5, 5.41) is 20.4. The van der Waals surface area contributed by atoms with Gasteiger partial charge < -0.3 is 15.5 Å². The molecule has 0 aliphatic heterocycles. The number of carboxylic acids is 1. The fourth-order valence-corrected chi connectivity index (χ4v) is 2.44. The highest BCUT2D eigenvalue weighted by Gasteiger charge is 2.38. The number of hydrogen-bond donors (Lipinski definition) is 3. The topological polar surface area (TPSA) is 69.6 Å². The molecule has 0 amide bonds. The molecule has 1 aromatic rings. The van der Waals surface area contributed by atoms with Crippen molar-refractivity contribution in [3.8, 4) is 0 Å². The summed E-state index contributed by atoms with van der Waals surface area (Å²) in [6, 6.07) is 7.48. The number of halogens is 4. The van der Waals surface area contributed by atoms with E-state index in [0.29, 0.717) is 12.1 Å². The summed E-state index contributed by atoms with van der Waals surface area (Å²) < 4.78 is 44.6. The van der Waals surface area contributed by atoms with Crippen molar-refractivity contribution < 1.29 is 32.6 Å². The first kappa shape index (κ1) is 25.3. The van der Waals surface area contributed by atoms with Gasteiger partial charge in [0.15, 0.2) is 0 Å². The molecule has 2 atom stereocenters. The van der Waals surface area contributed by atoms with Crippen molar-refractivity contribution in [2.75, 3.05) is 0 Å². The highest BCUT2D eigenvalue weighted by atomic mass is 19.4. The minimum atomic E-state index is -5.08. The van der Waals surface area contributed by atoms with Gasteiger partial charge in [-0.15, -0.1) is 0 Å². The second kappa shape index (κ2) is 11.2. The minimum absolute atomic E-state index is 0.186. The van der Waals surface area contributed by atoms with Crippen molar-refractivity contribution in [3.05, 3.63) is 35.6 Å². The zero-order chi connectivity index (χ0) is 21.3. The number of aliphatic carboxylic acids is 1. The predicted molar refractivity (Wildman–Crippen MR) is 96.0 cm³/mol. The highest BCUT2D eigenvalue weighted by Crippen LogP contribution is 2.14. The van der Waals surface area contributed by atoms with Gasteiger partial charge in [-0.1, -0.05) is 12.1 Å². The Morgan fingerprint density at radius 1 is 1.11 bits per heavy atom. The molecule has 27 heavy (non-hydrogen) atoms. The monoisotopic (exact) mass is 395 g/mol. The Labute approximate surface area is 157 Å². The van der Waals surface area contributed by atoms with Crippen LogP contribution in [-0.2, 0) is 11.2 Å². The van der Waals surface area contributed by atoms with E-state index in [2.05, 4.69) is 19.2 Å². The summed E-state index contributed by atoms with van der Waals surface area (Å²) in [6.45, 7) is 8.02. The predicted octanol–water partition coefficient (Wildman–Crippen LogP) is 4.31. The number of hydrogen-bond acceptors (Lipinski definition) is 3. The van der Waals surface area contributed by atoms with Crippen molar-refractivity contribution in [2.45, 2.75) is 77.2 Å². The van der Waals surface area contributed by atoms with Crippen LogP contribution in [0, 0.1) is 5.82 Å². The quantitative estimate of drug-likeness (QED) is 0.574. The second-order valence-electron chi connectivity index (χ2n) is 7.31. The number of alkyl halides is 3. The molecule has 1 rings (SSSR count). The maximum Gasteiger partial charge on any atom is 0.490 e. The van der Waals surface area contributed by atoms with Gasteiger partial charge in [0.2, 0.25) is 0 Å². The van der Waals surface area contributed by atoms with Gasteiger partial charge in [-0.2, -0.15) is 13.2 Å². The van der Waals surface area contributed by atoms with Crippen LogP contribution in [0.4, 0.5) is 17.6 Å². The maximum atomic E-state index is 12.8. The van der Waals surface area contributed by atoms with Gasteiger partial charge in [0.1, 0.15) is 5.82 Å². The van der Waals surface area contributed by atoms with E-state index in [0.717, 1.165) is 31.2 Å². The van der Waals surface area contributed by atoms with E-state index in [1.54, 1.807) is 0 Å². The van der Waals surface area contributed by atoms with Gasteiger partial charge in [0, 0.05) is 12.1 Å². The summed E-state index contributed by atoms with van der Waals surface area (Å²) in [7, 11) is 0. The third kappa shape index (κ3) is 14.1. The fourth-order valence-electron chi connectivity index (χ4n) is 2.44. The van der Waals surface area contributed by atoms with Crippen LogP contribution in [0.15, 0.2) is 24.3 Å². The fraction of sp³-hybridized carbons (Fsp3) is 0.632. The van der Waals surface area contributed by atoms with Crippen LogP contribution in [0.1, 0.15) is 52.5 Å². The summed E-state index contributed by atoms with van der Waals surface area (Å²) in [6.07, 6.45) is -1.29. The Bertz CT molecular complexity index is 554. The number of carboxylic acid groups (broad SMARTS) is 1. The van der Waals surface area contributed by atoms with E-state index in [1.165, 1.54) is 12.1 Å². The lowest BCUT2D eigenvalue weighted by Crippen LogP contribution is -2.36. The molecule has 4 nitrogen and oxygen atoms in total. The van der Waals surface area contributed by atoms with Gasteiger partial charge in [0.25, 0.3) is 0 Å². The van der Waals surface area contributed by atoms with Crippen LogP contribution >= 0.6 is 0 Å². The van der Waals surface area contributed by atoms with Gasteiger partial charge in [-0.3, -0.25) is 0 Å². The molecular weight excluding hydrogens is 366 g/mol. The number of nitrogens with one attached hydrogen (secondary N) is 1. The summed E-state index contributed by atoms with van der Waals surface area (Å²) >= 11 is 0. The summed E-state index contributed by atoms with van der Waals surface area (Å²) in [5.41, 5.74) is 0.578. The Morgan fingerprint density at radius 2 is 1.59 bits per heavy atom. The molecule has 0 fully saturated rings. The molecule has 3 N–H and O–H groups in total. The summed E-state index contributed by atoms with van der Waals surface area (Å²) in [4.78, 5) is 8.90. The Balaban J connectivity index is 0.000000821. The highest BCUT2D eigenvalue weighted by molar-refractivity contribution is 5.73. The molecule has 1 aromatic carbocycles. The van der Waals surface area contributed by atoms with Crippen LogP contribution in [0.2, 0.25) is 0 Å². The lowest BCUT2D eigenvalue weighted by atomic mass is 9.99. The van der Waals surface area contributed by atoms with Crippen molar-refractivity contribution in [2.24, 2.45) is 0 Å². The zero-order valence-electron chi connectivity index (χ0n) is 16.1. The first-order valence-corrected chi connectivity index (χ1v) is 8.73. The zero-order valence-corrected chi connectivity index (χ0v) is 16.1. The number of rotatable bonds is 8. The smallest absolute Gasteiger partial charge is 0.475 e. The molecule has 0 saturated heterocycles. The molecule has 0 spiro atoms. The van der Waals surface area contributed by atoms with Crippen LogP contribution < -0.4 is 5.32 Å². The number of benzene rings is 1. The Morgan fingerprint density at radius 3 is 2.00 bits per heavy atom. The Hall–Kier alpha value is -1.67. The van der Waals surface area contributed by atoms with Crippen molar-refractivity contribution in [3.63, 3.8) is 0 Å². The van der Waals surface area contributed by atoms with Crippen molar-refractivity contribution in [1.82, 2.24) is 5.32 Å². The third-order valence-corrected chi connectivity index (χ3v) is 3.69.